The van der Waals surface area contributed by atoms with Crippen molar-refractivity contribution in [2.45, 2.75) is 13.8 Å². The lowest BCUT2D eigenvalue weighted by atomic mass is 10.3. The number of carbonyl (C=O) groups excluding carboxylic acids is 1. The van der Waals surface area contributed by atoms with Crippen LogP contribution in [0.4, 0.5) is 0 Å². The predicted molar refractivity (Wildman–Crippen MR) is 43.7 cm³/mol. The fraction of sp³-hybridized carbons (Fsp3) is 0.250. The Morgan fingerprint density at radius 3 is 3.00 bits per heavy atom. The summed E-state index contributed by atoms with van der Waals surface area (Å²) in [6, 6.07) is 0.223. The number of carbonyl (C=O) groups is 1. The Kier molecular flexibility index (Phi) is 2.63. The molecule has 64 valence electrons. The van der Waals surface area contributed by atoms with Crippen LogP contribution in [0.2, 0.25) is 0 Å². The number of aromatic amines is 1. The van der Waals surface area contributed by atoms with Crippen molar-refractivity contribution >= 4 is 5.97 Å². The first kappa shape index (κ1) is 8.52. The average molecular weight is 166 g/mol. The quantitative estimate of drug-likeness (QED) is 0.532. The number of nitrogens with zero attached hydrogens (tertiary/aromatic N) is 1. The number of allylic oxidation sites excluding steroid dienone is 1. The van der Waals surface area contributed by atoms with Gasteiger partial charge < -0.3 is 9.72 Å². The summed E-state index contributed by atoms with van der Waals surface area (Å²) in [5, 5.41) is 0. The third-order valence-electron chi connectivity index (χ3n) is 1.42. The minimum absolute atomic E-state index is 0.223. The Hall–Kier alpha value is -1.58. The normalized spacial score (nSPS) is 11.3. The molecule has 1 heterocycles. The molecule has 0 aromatic carbocycles. The van der Waals surface area contributed by atoms with E-state index in [1.54, 1.807) is 26.1 Å². The molecular formula is C8H10N2O2. The van der Waals surface area contributed by atoms with Crippen LogP contribution in [0.1, 0.15) is 13.8 Å². The van der Waals surface area contributed by atoms with E-state index in [-0.39, 0.29) is 12.0 Å². The Bertz CT molecular complexity index is 288. The summed E-state index contributed by atoms with van der Waals surface area (Å²) in [5.74, 6) is -0.382. The fourth-order valence-electron chi connectivity index (χ4n) is 0.593. The molecule has 1 aromatic heterocycles. The minimum Gasteiger partial charge on any atom is -0.389 e. The Labute approximate surface area is 70.3 Å². The number of rotatable bonds is 2. The summed E-state index contributed by atoms with van der Waals surface area (Å²) < 4.78 is 4.83. The van der Waals surface area contributed by atoms with Gasteiger partial charge in [0.05, 0.1) is 0 Å². The highest BCUT2D eigenvalue weighted by Gasteiger charge is 2.06. The molecule has 0 bridgehead atoms. The number of nitrogens with one attached hydrogen (secondary N) is 1. The molecule has 1 N–H and O–H groups in total. The maximum absolute atomic E-state index is 11.1. The van der Waals surface area contributed by atoms with Gasteiger partial charge in [-0.25, -0.2) is 9.78 Å². The molecule has 0 spiro atoms. The van der Waals surface area contributed by atoms with Crippen LogP contribution in [0.3, 0.4) is 0 Å². The van der Waals surface area contributed by atoms with Gasteiger partial charge >= 0.3 is 12.0 Å². The lowest BCUT2D eigenvalue weighted by Crippen LogP contribution is -2.09. The van der Waals surface area contributed by atoms with Gasteiger partial charge in [-0.2, -0.15) is 0 Å². The lowest BCUT2D eigenvalue weighted by molar-refractivity contribution is -0.130. The third-order valence-corrected chi connectivity index (χ3v) is 1.42. The number of esters is 1. The minimum atomic E-state index is -0.382. The van der Waals surface area contributed by atoms with Crippen LogP contribution in [0.15, 0.2) is 24.0 Å². The van der Waals surface area contributed by atoms with E-state index >= 15 is 0 Å². The predicted octanol–water partition coefficient (Wildman–Crippen LogP) is 1.28. The van der Waals surface area contributed by atoms with Crippen molar-refractivity contribution in [3.63, 3.8) is 0 Å². The molecule has 0 aliphatic carbocycles. The van der Waals surface area contributed by atoms with Gasteiger partial charge in [-0.05, 0) is 13.8 Å². The molecule has 0 saturated carbocycles. The van der Waals surface area contributed by atoms with Gasteiger partial charge in [0, 0.05) is 18.0 Å². The van der Waals surface area contributed by atoms with E-state index in [1.807, 2.05) is 0 Å². The van der Waals surface area contributed by atoms with Crippen molar-refractivity contribution in [2.24, 2.45) is 0 Å². The van der Waals surface area contributed by atoms with E-state index in [0.29, 0.717) is 5.57 Å². The molecule has 1 aromatic rings. The van der Waals surface area contributed by atoms with Crippen molar-refractivity contribution in [3.05, 3.63) is 24.0 Å². The standard InChI is InChI=1S/C8H10N2O2/c1-3-6(2)7(11)12-8-9-4-5-10-8/h3-5H,1-2H3,(H,9,10). The van der Waals surface area contributed by atoms with E-state index < -0.39 is 0 Å². The van der Waals surface area contributed by atoms with Gasteiger partial charge in [0.25, 0.3) is 0 Å². The first-order chi connectivity index (χ1) is 5.74. The Morgan fingerprint density at radius 1 is 1.75 bits per heavy atom. The highest BCUT2D eigenvalue weighted by atomic mass is 16.5. The van der Waals surface area contributed by atoms with Crippen molar-refractivity contribution in [1.82, 2.24) is 9.97 Å². The van der Waals surface area contributed by atoms with Crippen molar-refractivity contribution in [2.75, 3.05) is 0 Å². The van der Waals surface area contributed by atoms with Crippen molar-refractivity contribution < 1.29 is 9.53 Å². The fourth-order valence-corrected chi connectivity index (χ4v) is 0.593. The first-order valence-corrected chi connectivity index (χ1v) is 3.58. The van der Waals surface area contributed by atoms with Gasteiger partial charge in [0.1, 0.15) is 0 Å². The second-order valence-electron chi connectivity index (χ2n) is 2.26. The van der Waals surface area contributed by atoms with Crippen LogP contribution in [-0.4, -0.2) is 15.9 Å². The van der Waals surface area contributed by atoms with E-state index in [0.717, 1.165) is 0 Å². The van der Waals surface area contributed by atoms with Crippen molar-refractivity contribution in [1.29, 1.82) is 0 Å². The number of H-pyrrole nitrogens is 1. The highest BCUT2D eigenvalue weighted by Crippen LogP contribution is 2.02. The number of ether oxygens (including phenoxy) is 1. The number of hydrogen-bond donors (Lipinski definition) is 1. The molecule has 0 saturated heterocycles. The molecule has 4 nitrogen and oxygen atoms in total. The molecule has 0 amide bonds. The molecule has 1 rings (SSSR count). The largest absolute Gasteiger partial charge is 0.389 e. The summed E-state index contributed by atoms with van der Waals surface area (Å²) in [4.78, 5) is 17.5. The Morgan fingerprint density at radius 2 is 2.50 bits per heavy atom. The second-order valence-corrected chi connectivity index (χ2v) is 2.26. The molecule has 0 radical (unpaired) electrons. The van der Waals surface area contributed by atoms with Gasteiger partial charge in [0.2, 0.25) is 0 Å². The summed E-state index contributed by atoms with van der Waals surface area (Å²) in [6.45, 7) is 3.46. The van der Waals surface area contributed by atoms with Crippen molar-refractivity contribution in [3.8, 4) is 6.01 Å². The molecular weight excluding hydrogens is 156 g/mol. The molecule has 4 heteroatoms. The molecule has 0 aliphatic heterocycles. The zero-order valence-corrected chi connectivity index (χ0v) is 7.00. The van der Waals surface area contributed by atoms with Gasteiger partial charge in [-0.15, -0.1) is 0 Å². The van der Waals surface area contributed by atoms with Crippen LogP contribution in [0.5, 0.6) is 6.01 Å². The summed E-state index contributed by atoms with van der Waals surface area (Å²) >= 11 is 0. The number of hydrogen-bond acceptors (Lipinski definition) is 3. The molecule has 0 fully saturated rings. The van der Waals surface area contributed by atoms with Crippen LogP contribution >= 0.6 is 0 Å². The average Bonchev–Trinajstić information content (AvgIpc) is 2.55. The van der Waals surface area contributed by atoms with Gasteiger partial charge in [-0.3, -0.25) is 0 Å². The zero-order chi connectivity index (χ0) is 8.97. The monoisotopic (exact) mass is 166 g/mol. The number of imidazole rings is 1. The first-order valence-electron chi connectivity index (χ1n) is 3.58. The van der Waals surface area contributed by atoms with Crippen LogP contribution < -0.4 is 4.74 Å². The third kappa shape index (κ3) is 1.95. The number of aromatic nitrogens is 2. The molecule has 12 heavy (non-hydrogen) atoms. The summed E-state index contributed by atoms with van der Waals surface area (Å²) in [7, 11) is 0. The van der Waals surface area contributed by atoms with E-state index in [4.69, 9.17) is 4.74 Å². The second kappa shape index (κ2) is 3.71. The maximum Gasteiger partial charge on any atom is 0.341 e. The van der Waals surface area contributed by atoms with Crippen LogP contribution in [0.25, 0.3) is 0 Å². The molecule has 0 aliphatic rings. The Balaban J connectivity index is 2.59. The summed E-state index contributed by atoms with van der Waals surface area (Å²) in [6.07, 6.45) is 4.80. The topological polar surface area (TPSA) is 55.0 Å². The van der Waals surface area contributed by atoms with E-state index in [1.165, 1.54) is 6.20 Å². The van der Waals surface area contributed by atoms with Gasteiger partial charge in [0.15, 0.2) is 0 Å². The van der Waals surface area contributed by atoms with Crippen LogP contribution in [0, 0.1) is 0 Å². The smallest absolute Gasteiger partial charge is 0.341 e. The SMILES string of the molecule is CC=C(C)C(=O)Oc1ncc[nH]1. The lowest BCUT2D eigenvalue weighted by Gasteiger charge is -1.98. The maximum atomic E-state index is 11.1. The van der Waals surface area contributed by atoms with Crippen LogP contribution in [-0.2, 0) is 4.79 Å². The molecule has 0 unspecified atom stereocenters. The van der Waals surface area contributed by atoms with E-state index in [9.17, 15) is 4.79 Å². The van der Waals surface area contributed by atoms with E-state index in [2.05, 4.69) is 9.97 Å². The van der Waals surface area contributed by atoms with Gasteiger partial charge in [-0.1, -0.05) is 6.08 Å². The molecule has 0 atom stereocenters. The highest BCUT2D eigenvalue weighted by molar-refractivity contribution is 5.88. The summed E-state index contributed by atoms with van der Waals surface area (Å²) in [5.41, 5.74) is 0.561. The zero-order valence-electron chi connectivity index (χ0n) is 7.00.